The third kappa shape index (κ3) is 2.50. The molecule has 1 unspecified atom stereocenters. The molecule has 2 aromatic rings. The minimum Gasteiger partial charge on any atom is -0.481 e. The largest absolute Gasteiger partial charge is 0.481 e. The van der Waals surface area contributed by atoms with Crippen molar-refractivity contribution in [3.05, 3.63) is 47.7 Å². The number of fused-ring (bicyclic) bond motifs is 1. The van der Waals surface area contributed by atoms with Gasteiger partial charge in [-0.05, 0) is 24.5 Å². The molecule has 1 aromatic heterocycles. The molecule has 1 amide bonds. The minimum atomic E-state index is -0.864. The molecule has 118 valence electrons. The number of carbonyl (C=O) groups is 2. The highest BCUT2D eigenvalue weighted by Gasteiger charge is 2.36. The Morgan fingerprint density at radius 1 is 1.30 bits per heavy atom. The van der Waals surface area contributed by atoms with Crippen molar-refractivity contribution in [1.29, 1.82) is 0 Å². The Balaban J connectivity index is 1.62. The van der Waals surface area contributed by atoms with Crippen molar-refractivity contribution in [3.63, 3.8) is 0 Å². The zero-order valence-electron chi connectivity index (χ0n) is 12.4. The Morgan fingerprint density at radius 2 is 2.09 bits per heavy atom. The summed E-state index contributed by atoms with van der Waals surface area (Å²) in [5.41, 5.74) is 1.95. The normalized spacial score (nSPS) is 19.7. The van der Waals surface area contributed by atoms with E-state index < -0.39 is 5.97 Å². The van der Waals surface area contributed by atoms with Crippen LogP contribution in [0.15, 0.2) is 34.9 Å². The van der Waals surface area contributed by atoms with E-state index in [9.17, 15) is 9.59 Å². The monoisotopic (exact) mass is 312 g/mol. The van der Waals surface area contributed by atoms with Gasteiger partial charge >= 0.3 is 5.97 Å². The molecule has 2 aliphatic rings. The molecule has 1 aliphatic carbocycles. The SMILES string of the molecule is O=C(O)CC1CN(C(=O)c2coc(C3CC3)n2)c2ccccc21. The van der Waals surface area contributed by atoms with Crippen LogP contribution in [0.1, 0.15) is 53.0 Å². The van der Waals surface area contributed by atoms with E-state index in [1.54, 1.807) is 4.90 Å². The molecule has 2 heterocycles. The van der Waals surface area contributed by atoms with Crippen LogP contribution < -0.4 is 4.90 Å². The first-order valence-corrected chi connectivity index (χ1v) is 7.71. The van der Waals surface area contributed by atoms with Gasteiger partial charge in [0.15, 0.2) is 11.6 Å². The van der Waals surface area contributed by atoms with Gasteiger partial charge in [-0.2, -0.15) is 0 Å². The van der Waals surface area contributed by atoms with Crippen LogP contribution >= 0.6 is 0 Å². The fourth-order valence-electron chi connectivity index (χ4n) is 3.12. The molecule has 1 N–H and O–H groups in total. The highest BCUT2D eigenvalue weighted by atomic mass is 16.4. The van der Waals surface area contributed by atoms with Gasteiger partial charge in [-0.3, -0.25) is 9.59 Å². The number of hydrogen-bond acceptors (Lipinski definition) is 4. The molecule has 1 aliphatic heterocycles. The van der Waals surface area contributed by atoms with Crippen LogP contribution in [-0.4, -0.2) is 28.5 Å². The average molecular weight is 312 g/mol. The van der Waals surface area contributed by atoms with Crippen LogP contribution in [0.5, 0.6) is 0 Å². The summed E-state index contributed by atoms with van der Waals surface area (Å²) in [5.74, 6) is -0.315. The topological polar surface area (TPSA) is 83.6 Å². The Labute approximate surface area is 132 Å². The summed E-state index contributed by atoms with van der Waals surface area (Å²) in [7, 11) is 0. The maximum atomic E-state index is 12.8. The van der Waals surface area contributed by atoms with Crippen LogP contribution in [0, 0.1) is 0 Å². The quantitative estimate of drug-likeness (QED) is 0.938. The van der Waals surface area contributed by atoms with E-state index in [4.69, 9.17) is 9.52 Å². The first-order valence-electron chi connectivity index (χ1n) is 7.71. The second-order valence-corrected chi connectivity index (χ2v) is 6.11. The summed E-state index contributed by atoms with van der Waals surface area (Å²) in [6, 6.07) is 7.44. The van der Waals surface area contributed by atoms with Gasteiger partial charge in [-0.25, -0.2) is 4.98 Å². The summed E-state index contributed by atoms with van der Waals surface area (Å²) in [6.45, 7) is 0.357. The lowest BCUT2D eigenvalue weighted by Gasteiger charge is -2.16. The Hall–Kier alpha value is -2.63. The number of carbonyl (C=O) groups excluding carboxylic acids is 1. The predicted octanol–water partition coefficient (Wildman–Crippen LogP) is 2.77. The fourth-order valence-corrected chi connectivity index (χ4v) is 3.12. The van der Waals surface area contributed by atoms with E-state index in [1.807, 2.05) is 24.3 Å². The maximum Gasteiger partial charge on any atom is 0.304 e. The lowest BCUT2D eigenvalue weighted by atomic mass is 9.98. The summed E-state index contributed by atoms with van der Waals surface area (Å²) in [4.78, 5) is 29.7. The number of nitrogens with zero attached hydrogens (tertiary/aromatic N) is 2. The number of carboxylic acid groups (broad SMARTS) is 1. The molecular formula is C17H16N2O4. The molecule has 0 bridgehead atoms. The summed E-state index contributed by atoms with van der Waals surface area (Å²) in [6.07, 6.45) is 3.53. The van der Waals surface area contributed by atoms with Crippen molar-refractivity contribution in [1.82, 2.24) is 4.98 Å². The molecule has 0 radical (unpaired) electrons. The van der Waals surface area contributed by atoms with Crippen LogP contribution in [0.3, 0.4) is 0 Å². The van der Waals surface area contributed by atoms with Gasteiger partial charge in [-0.1, -0.05) is 18.2 Å². The van der Waals surface area contributed by atoms with Gasteiger partial charge < -0.3 is 14.4 Å². The molecular weight excluding hydrogens is 296 g/mol. The third-order valence-electron chi connectivity index (χ3n) is 4.40. The van der Waals surface area contributed by atoms with Gasteiger partial charge in [0.2, 0.25) is 0 Å². The summed E-state index contributed by atoms with van der Waals surface area (Å²) in [5, 5.41) is 9.08. The highest BCUT2D eigenvalue weighted by Crippen LogP contribution is 2.41. The number of hydrogen-bond donors (Lipinski definition) is 1. The minimum absolute atomic E-state index is 0.00688. The number of anilines is 1. The third-order valence-corrected chi connectivity index (χ3v) is 4.40. The first-order chi connectivity index (χ1) is 11.1. The van der Waals surface area contributed by atoms with E-state index in [-0.39, 0.29) is 23.9 Å². The lowest BCUT2D eigenvalue weighted by Crippen LogP contribution is -2.30. The van der Waals surface area contributed by atoms with E-state index in [1.165, 1.54) is 6.26 Å². The second-order valence-electron chi connectivity index (χ2n) is 6.11. The molecule has 6 nitrogen and oxygen atoms in total. The zero-order chi connectivity index (χ0) is 16.0. The van der Waals surface area contributed by atoms with E-state index >= 15 is 0 Å². The van der Waals surface area contributed by atoms with Gasteiger partial charge in [0.05, 0.1) is 6.42 Å². The summed E-state index contributed by atoms with van der Waals surface area (Å²) < 4.78 is 5.40. The number of carboxylic acids is 1. The number of amides is 1. The molecule has 1 atom stereocenters. The number of para-hydroxylation sites is 1. The van der Waals surface area contributed by atoms with Crippen molar-refractivity contribution < 1.29 is 19.1 Å². The predicted molar refractivity (Wildman–Crippen MR) is 81.6 cm³/mol. The van der Waals surface area contributed by atoms with Crippen LogP contribution in [-0.2, 0) is 4.79 Å². The van der Waals surface area contributed by atoms with E-state index in [2.05, 4.69) is 4.98 Å². The van der Waals surface area contributed by atoms with E-state index in [0.717, 1.165) is 24.1 Å². The van der Waals surface area contributed by atoms with Crippen molar-refractivity contribution in [2.24, 2.45) is 0 Å². The van der Waals surface area contributed by atoms with Crippen LogP contribution in [0.25, 0.3) is 0 Å². The molecule has 23 heavy (non-hydrogen) atoms. The van der Waals surface area contributed by atoms with Gasteiger partial charge in [0, 0.05) is 24.1 Å². The van der Waals surface area contributed by atoms with Gasteiger partial charge in [0.1, 0.15) is 6.26 Å². The second kappa shape index (κ2) is 5.22. The Kier molecular flexibility index (Phi) is 3.18. The molecule has 0 spiro atoms. The standard InChI is InChI=1S/C17H16N2O4/c20-15(21)7-11-8-19(14-4-2-1-3-12(11)14)17(22)13-9-23-16(18-13)10-5-6-10/h1-4,9-11H,5-8H2,(H,20,21). The first kappa shape index (κ1) is 14.0. The van der Waals surface area contributed by atoms with E-state index in [0.29, 0.717) is 18.4 Å². The van der Waals surface area contributed by atoms with Crippen molar-refractivity contribution in [3.8, 4) is 0 Å². The number of aliphatic carboxylic acids is 1. The van der Waals surface area contributed by atoms with Gasteiger partial charge in [0.25, 0.3) is 5.91 Å². The fraction of sp³-hybridized carbons (Fsp3) is 0.353. The maximum absolute atomic E-state index is 12.8. The molecule has 1 fully saturated rings. The molecule has 6 heteroatoms. The molecule has 4 rings (SSSR count). The lowest BCUT2D eigenvalue weighted by molar-refractivity contribution is -0.137. The Bertz CT molecular complexity index is 778. The van der Waals surface area contributed by atoms with Crippen LogP contribution in [0.4, 0.5) is 5.69 Å². The number of benzene rings is 1. The molecule has 1 saturated carbocycles. The number of aromatic nitrogens is 1. The number of rotatable bonds is 4. The van der Waals surface area contributed by atoms with Crippen molar-refractivity contribution in [2.45, 2.75) is 31.1 Å². The molecule has 0 saturated heterocycles. The summed E-state index contributed by atoms with van der Waals surface area (Å²) >= 11 is 0. The van der Waals surface area contributed by atoms with Crippen molar-refractivity contribution >= 4 is 17.6 Å². The van der Waals surface area contributed by atoms with Crippen LogP contribution in [0.2, 0.25) is 0 Å². The average Bonchev–Trinajstić information content (AvgIpc) is 3.16. The van der Waals surface area contributed by atoms with Gasteiger partial charge in [-0.15, -0.1) is 0 Å². The number of oxazole rings is 1. The van der Waals surface area contributed by atoms with Crippen molar-refractivity contribution in [2.75, 3.05) is 11.4 Å². The smallest absolute Gasteiger partial charge is 0.304 e. The molecule has 1 aromatic carbocycles. The zero-order valence-corrected chi connectivity index (χ0v) is 12.4. The highest BCUT2D eigenvalue weighted by molar-refractivity contribution is 6.06. The Morgan fingerprint density at radius 3 is 2.83 bits per heavy atom.